The summed E-state index contributed by atoms with van der Waals surface area (Å²) in [6.07, 6.45) is 4.03. The summed E-state index contributed by atoms with van der Waals surface area (Å²) in [6.45, 7) is 2.74. The molecule has 1 rings (SSSR count). The second-order valence-electron chi connectivity index (χ2n) is 3.51. The molecule has 5 heteroatoms. The molecule has 0 saturated heterocycles. The standard InChI is InChI=1S/C10H15N3O2/c1-8(2-3-10(14)15)6-12-9-4-5-11-7-13-9/h4-5,7-8H,2-3,6H2,1H3,(H,14,15)(H,11,12,13). The SMILES string of the molecule is CC(CCC(=O)O)CNc1ccncn1. The minimum atomic E-state index is -0.746. The molecule has 1 atom stereocenters. The number of nitrogens with zero attached hydrogens (tertiary/aromatic N) is 2. The van der Waals surface area contributed by atoms with Crippen molar-refractivity contribution in [1.82, 2.24) is 9.97 Å². The first kappa shape index (κ1) is 11.4. The molecule has 1 unspecified atom stereocenters. The van der Waals surface area contributed by atoms with Gasteiger partial charge >= 0.3 is 5.97 Å². The second kappa shape index (κ2) is 5.95. The van der Waals surface area contributed by atoms with Crippen LogP contribution in [0.4, 0.5) is 5.82 Å². The Kier molecular flexibility index (Phi) is 4.53. The van der Waals surface area contributed by atoms with E-state index in [0.717, 1.165) is 12.4 Å². The third-order valence-electron chi connectivity index (χ3n) is 2.06. The second-order valence-corrected chi connectivity index (χ2v) is 3.51. The molecule has 0 spiro atoms. The topological polar surface area (TPSA) is 75.1 Å². The fourth-order valence-corrected chi connectivity index (χ4v) is 1.15. The maximum atomic E-state index is 10.3. The normalized spacial score (nSPS) is 12.1. The molecule has 0 radical (unpaired) electrons. The summed E-state index contributed by atoms with van der Waals surface area (Å²) in [6, 6.07) is 1.78. The van der Waals surface area contributed by atoms with Gasteiger partial charge in [-0.25, -0.2) is 9.97 Å². The zero-order chi connectivity index (χ0) is 11.1. The lowest BCUT2D eigenvalue weighted by atomic mass is 10.1. The van der Waals surface area contributed by atoms with E-state index in [1.54, 1.807) is 12.3 Å². The van der Waals surface area contributed by atoms with Gasteiger partial charge in [-0.05, 0) is 18.4 Å². The highest BCUT2D eigenvalue weighted by atomic mass is 16.4. The highest BCUT2D eigenvalue weighted by molar-refractivity contribution is 5.66. The summed E-state index contributed by atoms with van der Waals surface area (Å²) in [5, 5.41) is 11.6. The van der Waals surface area contributed by atoms with Crippen molar-refractivity contribution in [3.8, 4) is 0 Å². The molecule has 0 amide bonds. The smallest absolute Gasteiger partial charge is 0.303 e. The van der Waals surface area contributed by atoms with Crippen LogP contribution in [0.1, 0.15) is 19.8 Å². The molecule has 0 aliphatic heterocycles. The van der Waals surface area contributed by atoms with E-state index in [0.29, 0.717) is 12.3 Å². The largest absolute Gasteiger partial charge is 0.481 e. The summed E-state index contributed by atoms with van der Waals surface area (Å²) < 4.78 is 0. The average molecular weight is 209 g/mol. The van der Waals surface area contributed by atoms with Crippen molar-refractivity contribution < 1.29 is 9.90 Å². The van der Waals surface area contributed by atoms with Crippen molar-refractivity contribution in [1.29, 1.82) is 0 Å². The zero-order valence-corrected chi connectivity index (χ0v) is 8.68. The Hall–Kier alpha value is -1.65. The zero-order valence-electron chi connectivity index (χ0n) is 8.68. The molecule has 0 bridgehead atoms. The molecule has 0 aromatic carbocycles. The number of anilines is 1. The van der Waals surface area contributed by atoms with Crippen LogP contribution in [-0.4, -0.2) is 27.6 Å². The molecule has 1 heterocycles. The lowest BCUT2D eigenvalue weighted by molar-refractivity contribution is -0.137. The van der Waals surface area contributed by atoms with Gasteiger partial charge in [-0.15, -0.1) is 0 Å². The Bertz CT molecular complexity index is 303. The first-order valence-corrected chi connectivity index (χ1v) is 4.90. The van der Waals surface area contributed by atoms with Crippen LogP contribution in [0.2, 0.25) is 0 Å². The predicted octanol–water partition coefficient (Wildman–Crippen LogP) is 1.39. The van der Waals surface area contributed by atoms with Crippen LogP contribution in [0.15, 0.2) is 18.6 Å². The first-order chi connectivity index (χ1) is 7.18. The van der Waals surface area contributed by atoms with E-state index in [4.69, 9.17) is 5.11 Å². The monoisotopic (exact) mass is 209 g/mol. The minimum Gasteiger partial charge on any atom is -0.481 e. The van der Waals surface area contributed by atoms with Crippen LogP contribution in [0.25, 0.3) is 0 Å². The van der Waals surface area contributed by atoms with Gasteiger partial charge in [0, 0.05) is 19.2 Å². The molecule has 82 valence electrons. The fourth-order valence-electron chi connectivity index (χ4n) is 1.15. The summed E-state index contributed by atoms with van der Waals surface area (Å²) >= 11 is 0. The van der Waals surface area contributed by atoms with Crippen molar-refractivity contribution in [3.63, 3.8) is 0 Å². The van der Waals surface area contributed by atoms with Gasteiger partial charge in [0.15, 0.2) is 0 Å². The number of rotatable bonds is 6. The number of nitrogens with one attached hydrogen (secondary N) is 1. The highest BCUT2D eigenvalue weighted by Gasteiger charge is 2.05. The number of carbonyl (C=O) groups is 1. The van der Waals surface area contributed by atoms with Crippen molar-refractivity contribution in [2.45, 2.75) is 19.8 Å². The van der Waals surface area contributed by atoms with Crippen molar-refractivity contribution in [2.75, 3.05) is 11.9 Å². The summed E-state index contributed by atoms with van der Waals surface area (Å²) in [4.78, 5) is 18.1. The number of aromatic nitrogens is 2. The first-order valence-electron chi connectivity index (χ1n) is 4.90. The van der Waals surface area contributed by atoms with Crippen LogP contribution < -0.4 is 5.32 Å². The summed E-state index contributed by atoms with van der Waals surface area (Å²) in [5.74, 6) is 0.340. The Morgan fingerprint density at radius 2 is 2.47 bits per heavy atom. The van der Waals surface area contributed by atoms with Gasteiger partial charge in [0.1, 0.15) is 12.1 Å². The van der Waals surface area contributed by atoms with Gasteiger partial charge < -0.3 is 10.4 Å². The lowest BCUT2D eigenvalue weighted by Crippen LogP contribution is -2.13. The van der Waals surface area contributed by atoms with Crippen molar-refractivity contribution in [2.24, 2.45) is 5.92 Å². The van der Waals surface area contributed by atoms with Gasteiger partial charge in [0.2, 0.25) is 0 Å². The number of hydrogen-bond donors (Lipinski definition) is 2. The quantitative estimate of drug-likeness (QED) is 0.740. The van der Waals surface area contributed by atoms with Gasteiger partial charge in [-0.3, -0.25) is 4.79 Å². The summed E-state index contributed by atoms with van der Waals surface area (Å²) in [7, 11) is 0. The van der Waals surface area contributed by atoms with Gasteiger partial charge in [-0.1, -0.05) is 6.92 Å². The Morgan fingerprint density at radius 3 is 3.07 bits per heavy atom. The number of aliphatic carboxylic acids is 1. The average Bonchev–Trinajstić information content (AvgIpc) is 2.25. The van der Waals surface area contributed by atoms with E-state index in [1.807, 2.05) is 6.92 Å². The Morgan fingerprint density at radius 1 is 1.67 bits per heavy atom. The van der Waals surface area contributed by atoms with Gasteiger partial charge in [-0.2, -0.15) is 0 Å². The van der Waals surface area contributed by atoms with E-state index >= 15 is 0 Å². The molecule has 2 N–H and O–H groups in total. The fraction of sp³-hybridized carbons (Fsp3) is 0.500. The van der Waals surface area contributed by atoms with E-state index in [2.05, 4.69) is 15.3 Å². The van der Waals surface area contributed by atoms with E-state index in [-0.39, 0.29) is 6.42 Å². The number of carboxylic acid groups (broad SMARTS) is 1. The Labute approximate surface area is 88.6 Å². The Balaban J connectivity index is 2.22. The number of hydrogen-bond acceptors (Lipinski definition) is 4. The van der Waals surface area contributed by atoms with Gasteiger partial charge in [0.25, 0.3) is 0 Å². The van der Waals surface area contributed by atoms with E-state index < -0.39 is 5.97 Å². The van der Waals surface area contributed by atoms with Crippen LogP contribution in [0, 0.1) is 5.92 Å². The predicted molar refractivity (Wildman–Crippen MR) is 56.6 cm³/mol. The molecule has 0 aliphatic rings. The van der Waals surface area contributed by atoms with Crippen LogP contribution in [0.5, 0.6) is 0 Å². The molecular weight excluding hydrogens is 194 g/mol. The summed E-state index contributed by atoms with van der Waals surface area (Å²) in [5.41, 5.74) is 0. The van der Waals surface area contributed by atoms with E-state index in [9.17, 15) is 4.79 Å². The molecule has 0 aliphatic carbocycles. The van der Waals surface area contributed by atoms with Crippen LogP contribution in [-0.2, 0) is 4.79 Å². The maximum absolute atomic E-state index is 10.3. The molecule has 0 fully saturated rings. The third-order valence-corrected chi connectivity index (χ3v) is 2.06. The molecule has 5 nitrogen and oxygen atoms in total. The molecule has 1 aromatic heterocycles. The lowest BCUT2D eigenvalue weighted by Gasteiger charge is -2.11. The van der Waals surface area contributed by atoms with Gasteiger partial charge in [0.05, 0.1) is 0 Å². The van der Waals surface area contributed by atoms with E-state index in [1.165, 1.54) is 6.33 Å². The minimum absolute atomic E-state index is 0.215. The van der Waals surface area contributed by atoms with Crippen LogP contribution >= 0.6 is 0 Å². The molecule has 1 aromatic rings. The third kappa shape index (κ3) is 4.95. The van der Waals surface area contributed by atoms with Crippen LogP contribution in [0.3, 0.4) is 0 Å². The van der Waals surface area contributed by atoms with Crippen molar-refractivity contribution >= 4 is 11.8 Å². The molecule has 0 saturated carbocycles. The number of carboxylic acids is 1. The molecular formula is C10H15N3O2. The van der Waals surface area contributed by atoms with Crippen molar-refractivity contribution in [3.05, 3.63) is 18.6 Å². The molecule has 15 heavy (non-hydrogen) atoms. The maximum Gasteiger partial charge on any atom is 0.303 e. The highest BCUT2D eigenvalue weighted by Crippen LogP contribution is 2.07.